The van der Waals surface area contributed by atoms with Crippen LogP contribution in [0.2, 0.25) is 0 Å². The molecule has 3 unspecified atom stereocenters. The summed E-state index contributed by atoms with van der Waals surface area (Å²) >= 11 is 1.81. The van der Waals surface area contributed by atoms with Crippen molar-refractivity contribution in [1.82, 2.24) is 0 Å². The highest BCUT2D eigenvalue weighted by atomic mass is 32.1. The van der Waals surface area contributed by atoms with E-state index in [2.05, 4.69) is 42.7 Å². The third kappa shape index (κ3) is 12.1. The molecule has 4 aliphatic rings. The summed E-state index contributed by atoms with van der Waals surface area (Å²) in [6, 6.07) is 2.24. The minimum Gasteiger partial charge on any atom is -0.469 e. The zero-order valence-corrected chi connectivity index (χ0v) is 29.5. The van der Waals surface area contributed by atoms with Crippen LogP contribution in [0.3, 0.4) is 0 Å². The average Bonchev–Trinajstić information content (AvgIpc) is 3.66. The third-order valence-corrected chi connectivity index (χ3v) is 10.9. The number of thiophene rings is 1. The van der Waals surface area contributed by atoms with Crippen LogP contribution in [0.5, 0.6) is 0 Å². The van der Waals surface area contributed by atoms with Crippen molar-refractivity contribution in [3.05, 3.63) is 46.2 Å². The van der Waals surface area contributed by atoms with Crippen molar-refractivity contribution in [2.75, 3.05) is 26.9 Å². The van der Waals surface area contributed by atoms with Crippen molar-refractivity contribution >= 4 is 17.3 Å². The van der Waals surface area contributed by atoms with Gasteiger partial charge in [0, 0.05) is 43.5 Å². The predicted octanol–water partition coefficient (Wildman–Crippen LogP) is 8.21. The summed E-state index contributed by atoms with van der Waals surface area (Å²) in [5.41, 5.74) is 1.40. The van der Waals surface area contributed by atoms with E-state index >= 15 is 0 Å². The first-order valence-corrected chi connectivity index (χ1v) is 19.2. The summed E-state index contributed by atoms with van der Waals surface area (Å²) in [5.74, 6) is 0.192. The van der Waals surface area contributed by atoms with Gasteiger partial charge in [0.1, 0.15) is 0 Å². The second-order valence-electron chi connectivity index (χ2n) is 13.5. The molecule has 4 fully saturated rings. The van der Waals surface area contributed by atoms with E-state index in [0.29, 0.717) is 6.42 Å². The third-order valence-electron chi connectivity index (χ3n) is 10.0. The van der Waals surface area contributed by atoms with Crippen molar-refractivity contribution in [3.8, 4) is 0 Å². The number of hydrogen-bond acceptors (Lipinski definition) is 9. The Morgan fingerprint density at radius 2 is 1.62 bits per heavy atom. The molecule has 4 heterocycles. The van der Waals surface area contributed by atoms with Crippen LogP contribution in [0.1, 0.15) is 107 Å². The lowest BCUT2D eigenvalue weighted by molar-refractivity contribution is -0.203. The lowest BCUT2D eigenvalue weighted by atomic mass is 9.89. The van der Waals surface area contributed by atoms with Gasteiger partial charge in [0.05, 0.1) is 25.4 Å². The SMILES string of the molecule is COC(=O)CCC/C=C\C[C@@H]1[C@@H](/C=C/[C@H](CCc2ccsc2C)OC2CCCCO2)[C@H](OC2CCCCO2)C[C@@H]1OC1CCCCO1. The van der Waals surface area contributed by atoms with E-state index < -0.39 is 0 Å². The fourth-order valence-electron chi connectivity index (χ4n) is 7.27. The van der Waals surface area contributed by atoms with Gasteiger partial charge in [0.15, 0.2) is 18.9 Å². The molecule has 8 atom stereocenters. The van der Waals surface area contributed by atoms with Crippen molar-refractivity contribution in [2.45, 2.75) is 147 Å². The van der Waals surface area contributed by atoms with Crippen molar-refractivity contribution in [3.63, 3.8) is 0 Å². The highest BCUT2D eigenvalue weighted by Crippen LogP contribution is 2.42. The van der Waals surface area contributed by atoms with Crippen molar-refractivity contribution < 1.29 is 38.0 Å². The Bertz CT molecular complexity index is 1090. The maximum Gasteiger partial charge on any atom is 0.305 e. The Kier molecular flexibility index (Phi) is 15.7. The van der Waals surface area contributed by atoms with Crippen LogP contribution in [0.4, 0.5) is 0 Å². The summed E-state index contributed by atoms with van der Waals surface area (Å²) in [6.45, 7) is 4.48. The van der Waals surface area contributed by atoms with E-state index in [-0.39, 0.29) is 55.0 Å². The summed E-state index contributed by atoms with van der Waals surface area (Å²) in [4.78, 5) is 13.0. The molecule has 8 nitrogen and oxygen atoms in total. The van der Waals surface area contributed by atoms with Gasteiger partial charge < -0.3 is 33.2 Å². The molecule has 1 aromatic heterocycles. The van der Waals surface area contributed by atoms with Crippen LogP contribution in [0.15, 0.2) is 35.8 Å². The number of hydrogen-bond donors (Lipinski definition) is 0. The monoisotopic (exact) mass is 674 g/mol. The topological polar surface area (TPSA) is 81.7 Å². The quantitative estimate of drug-likeness (QED) is 0.0930. The molecule has 1 aromatic rings. The van der Waals surface area contributed by atoms with Crippen LogP contribution in [-0.4, -0.2) is 70.1 Å². The molecule has 9 heteroatoms. The molecule has 0 radical (unpaired) electrons. The van der Waals surface area contributed by atoms with E-state index in [1.165, 1.54) is 17.6 Å². The number of methoxy groups -OCH3 is 1. The van der Waals surface area contributed by atoms with E-state index in [1.807, 2.05) is 0 Å². The van der Waals surface area contributed by atoms with Gasteiger partial charge >= 0.3 is 5.97 Å². The zero-order valence-electron chi connectivity index (χ0n) is 28.7. The lowest BCUT2D eigenvalue weighted by Crippen LogP contribution is -2.31. The fraction of sp³-hybridized carbons (Fsp3) is 0.763. The van der Waals surface area contributed by atoms with Crippen LogP contribution in [-0.2, 0) is 44.4 Å². The standard InChI is InChI=1S/C38H58O8S/c1-28-29(22-26-47-28)18-19-30(44-36-15-7-10-23-41-36)20-21-32-31(13-5-3-4-6-14-35(39)40-2)33(45-37-16-8-11-24-42-37)27-34(32)46-38-17-9-12-25-43-38/h3,5,20-22,26,30-34,36-38H,4,6-19,23-25,27H2,1-2H3/b5-3-,21-20+/t30-,31+,32+,33-,34+,36?,37?,38?/m0/s1. The molecular weight excluding hydrogens is 616 g/mol. The fourth-order valence-corrected chi connectivity index (χ4v) is 8.03. The minimum atomic E-state index is -0.173. The lowest BCUT2D eigenvalue weighted by Gasteiger charge is -2.30. The molecule has 3 saturated heterocycles. The normalized spacial score (nSPS) is 31.1. The minimum absolute atomic E-state index is 0.00978. The number of ether oxygens (including phenoxy) is 7. The summed E-state index contributed by atoms with van der Waals surface area (Å²) in [5, 5.41) is 2.18. The van der Waals surface area contributed by atoms with E-state index in [4.69, 9.17) is 33.2 Å². The molecule has 1 aliphatic carbocycles. The Morgan fingerprint density at radius 3 is 2.23 bits per heavy atom. The van der Waals surface area contributed by atoms with Crippen molar-refractivity contribution in [2.24, 2.45) is 11.8 Å². The van der Waals surface area contributed by atoms with Crippen molar-refractivity contribution in [1.29, 1.82) is 0 Å². The van der Waals surface area contributed by atoms with Gasteiger partial charge in [-0.1, -0.05) is 24.3 Å². The summed E-state index contributed by atoms with van der Waals surface area (Å²) in [7, 11) is 1.44. The highest BCUT2D eigenvalue weighted by molar-refractivity contribution is 7.10. The number of esters is 1. The molecule has 0 bridgehead atoms. The average molecular weight is 675 g/mol. The Balaban J connectivity index is 1.34. The van der Waals surface area contributed by atoms with Gasteiger partial charge in [0.25, 0.3) is 0 Å². The van der Waals surface area contributed by atoms with Gasteiger partial charge in [-0.2, -0.15) is 0 Å². The number of unbranched alkanes of at least 4 members (excludes halogenated alkanes) is 1. The van der Waals surface area contributed by atoms with E-state index in [9.17, 15) is 4.79 Å². The van der Waals surface area contributed by atoms with Gasteiger partial charge in [0.2, 0.25) is 0 Å². The van der Waals surface area contributed by atoms with Gasteiger partial charge in [-0.15, -0.1) is 11.3 Å². The molecule has 1 saturated carbocycles. The first kappa shape index (κ1) is 36.7. The molecule has 47 heavy (non-hydrogen) atoms. The molecule has 0 N–H and O–H groups in total. The summed E-state index contributed by atoms with van der Waals surface area (Å²) in [6.07, 6.45) is 23.7. The maximum absolute atomic E-state index is 11.6. The Labute approximate surface area is 286 Å². The Hall–Kier alpha value is -1.59. The van der Waals surface area contributed by atoms with E-state index in [1.54, 1.807) is 11.3 Å². The largest absolute Gasteiger partial charge is 0.469 e. The molecule has 0 aromatic carbocycles. The summed E-state index contributed by atoms with van der Waals surface area (Å²) < 4.78 is 43.1. The predicted molar refractivity (Wildman–Crippen MR) is 183 cm³/mol. The number of carbonyl (C=O) groups excluding carboxylic acids is 1. The molecule has 0 spiro atoms. The molecule has 5 rings (SSSR count). The van der Waals surface area contributed by atoms with Gasteiger partial charge in [-0.3, -0.25) is 4.79 Å². The number of aryl methyl sites for hydroxylation is 2. The van der Waals surface area contributed by atoms with Crippen LogP contribution >= 0.6 is 11.3 Å². The van der Waals surface area contributed by atoms with Gasteiger partial charge in [-0.05, 0) is 120 Å². The van der Waals surface area contributed by atoms with Gasteiger partial charge in [-0.25, -0.2) is 0 Å². The molecule has 264 valence electrons. The number of allylic oxidation sites excluding steroid dienone is 2. The molecule has 0 amide bonds. The van der Waals surface area contributed by atoms with E-state index in [0.717, 1.165) is 116 Å². The number of rotatable bonds is 17. The van der Waals surface area contributed by atoms with Crippen LogP contribution in [0.25, 0.3) is 0 Å². The van der Waals surface area contributed by atoms with Crippen LogP contribution in [0, 0.1) is 18.8 Å². The first-order chi connectivity index (χ1) is 23.1. The maximum atomic E-state index is 11.6. The molecule has 3 aliphatic heterocycles. The molecular formula is C38H58O8S. The second-order valence-corrected chi connectivity index (χ2v) is 14.6. The van der Waals surface area contributed by atoms with Crippen LogP contribution < -0.4 is 0 Å². The number of carbonyl (C=O) groups is 1. The Morgan fingerprint density at radius 1 is 0.936 bits per heavy atom. The zero-order chi connectivity index (χ0) is 32.7. The highest BCUT2D eigenvalue weighted by Gasteiger charge is 2.45. The smallest absolute Gasteiger partial charge is 0.305 e. The second kappa shape index (κ2) is 20.2. The first-order valence-electron chi connectivity index (χ1n) is 18.3.